The standard InChI is InChI=1S/C16H18N6O2S/c1-2-21(15(23)13-8-5-9-24-13)16-19-18-14(25-16)10-22-12-7-4-3-6-11(12)17-20-22/h3-4,6-7,13H,2,5,8-10H2,1H3. The van der Waals surface area contributed by atoms with Gasteiger partial charge < -0.3 is 4.74 Å². The molecule has 1 amide bonds. The van der Waals surface area contributed by atoms with E-state index in [1.165, 1.54) is 11.3 Å². The van der Waals surface area contributed by atoms with Crippen LogP contribution in [0.3, 0.4) is 0 Å². The van der Waals surface area contributed by atoms with Crippen LogP contribution in [-0.2, 0) is 16.1 Å². The second-order valence-corrected chi connectivity index (χ2v) is 6.84. The fraction of sp³-hybridized carbons (Fsp3) is 0.438. The number of aromatic nitrogens is 5. The highest BCUT2D eigenvalue weighted by Gasteiger charge is 2.30. The van der Waals surface area contributed by atoms with Crippen LogP contribution in [0.1, 0.15) is 24.8 Å². The molecule has 0 bridgehead atoms. The van der Waals surface area contributed by atoms with E-state index in [-0.39, 0.29) is 12.0 Å². The highest BCUT2D eigenvalue weighted by Crippen LogP contribution is 2.24. The van der Waals surface area contributed by atoms with Crippen molar-refractivity contribution in [3.63, 3.8) is 0 Å². The lowest BCUT2D eigenvalue weighted by molar-refractivity contribution is -0.127. The molecule has 4 rings (SSSR count). The molecule has 1 aromatic carbocycles. The first-order valence-electron chi connectivity index (χ1n) is 8.30. The lowest BCUT2D eigenvalue weighted by Crippen LogP contribution is -2.38. The predicted molar refractivity (Wildman–Crippen MR) is 93.5 cm³/mol. The Hall–Kier alpha value is -2.39. The highest BCUT2D eigenvalue weighted by molar-refractivity contribution is 7.15. The zero-order valence-electron chi connectivity index (χ0n) is 13.8. The van der Waals surface area contributed by atoms with Crippen molar-refractivity contribution in [2.45, 2.75) is 32.4 Å². The maximum Gasteiger partial charge on any atom is 0.257 e. The molecule has 1 aliphatic rings. The smallest absolute Gasteiger partial charge is 0.257 e. The van der Waals surface area contributed by atoms with Crippen LogP contribution in [0.15, 0.2) is 24.3 Å². The van der Waals surface area contributed by atoms with Crippen molar-refractivity contribution < 1.29 is 9.53 Å². The molecule has 1 atom stereocenters. The molecule has 0 N–H and O–H groups in total. The van der Waals surface area contributed by atoms with Crippen LogP contribution in [0, 0.1) is 0 Å². The van der Waals surface area contributed by atoms with Crippen molar-refractivity contribution in [3.05, 3.63) is 29.3 Å². The van der Waals surface area contributed by atoms with Gasteiger partial charge in [0.1, 0.15) is 16.6 Å². The zero-order chi connectivity index (χ0) is 17.2. The summed E-state index contributed by atoms with van der Waals surface area (Å²) in [5, 5.41) is 18.1. The van der Waals surface area contributed by atoms with Gasteiger partial charge in [-0.25, -0.2) is 4.68 Å². The topological polar surface area (TPSA) is 86.0 Å². The summed E-state index contributed by atoms with van der Waals surface area (Å²) in [6, 6.07) is 7.77. The molecule has 9 heteroatoms. The molecule has 1 unspecified atom stereocenters. The van der Waals surface area contributed by atoms with Crippen LogP contribution in [0.25, 0.3) is 11.0 Å². The minimum atomic E-state index is -0.355. The average molecular weight is 358 g/mol. The number of nitrogens with zero attached hydrogens (tertiary/aromatic N) is 6. The van der Waals surface area contributed by atoms with Crippen molar-refractivity contribution in [3.8, 4) is 0 Å². The quantitative estimate of drug-likeness (QED) is 0.692. The van der Waals surface area contributed by atoms with E-state index in [0.717, 1.165) is 28.9 Å². The molecule has 0 aliphatic carbocycles. The van der Waals surface area contributed by atoms with Gasteiger partial charge in [0.15, 0.2) is 0 Å². The summed E-state index contributed by atoms with van der Waals surface area (Å²) in [6.07, 6.45) is 1.34. The first-order chi connectivity index (χ1) is 12.3. The summed E-state index contributed by atoms with van der Waals surface area (Å²) in [4.78, 5) is 14.2. The molecule has 1 aliphatic heterocycles. The average Bonchev–Trinajstić information content (AvgIpc) is 3.37. The van der Waals surface area contributed by atoms with E-state index in [9.17, 15) is 4.79 Å². The van der Waals surface area contributed by atoms with E-state index >= 15 is 0 Å². The Balaban J connectivity index is 1.53. The zero-order valence-corrected chi connectivity index (χ0v) is 14.6. The second-order valence-electron chi connectivity index (χ2n) is 5.80. The summed E-state index contributed by atoms with van der Waals surface area (Å²) in [5.74, 6) is -0.0334. The van der Waals surface area contributed by atoms with Gasteiger partial charge in [0.25, 0.3) is 5.91 Å². The predicted octanol–water partition coefficient (Wildman–Crippen LogP) is 1.86. The fourth-order valence-corrected chi connectivity index (χ4v) is 3.80. The van der Waals surface area contributed by atoms with Gasteiger partial charge in [0.2, 0.25) is 5.13 Å². The van der Waals surface area contributed by atoms with Crippen molar-refractivity contribution in [1.29, 1.82) is 0 Å². The van der Waals surface area contributed by atoms with Crippen LogP contribution in [0.5, 0.6) is 0 Å². The van der Waals surface area contributed by atoms with Crippen LogP contribution in [0.4, 0.5) is 5.13 Å². The van der Waals surface area contributed by atoms with Crippen molar-refractivity contribution in [2.24, 2.45) is 0 Å². The molecule has 2 aromatic heterocycles. The largest absolute Gasteiger partial charge is 0.368 e. The number of hydrogen-bond acceptors (Lipinski definition) is 7. The molecule has 0 spiro atoms. The summed E-state index contributed by atoms with van der Waals surface area (Å²) < 4.78 is 7.29. The van der Waals surface area contributed by atoms with Gasteiger partial charge >= 0.3 is 0 Å². The Morgan fingerprint density at radius 2 is 2.24 bits per heavy atom. The molecular weight excluding hydrogens is 340 g/mol. The molecule has 130 valence electrons. The number of carbonyl (C=O) groups excluding carboxylic acids is 1. The maximum absolute atomic E-state index is 12.6. The number of rotatable bonds is 5. The summed E-state index contributed by atoms with van der Waals surface area (Å²) in [5.41, 5.74) is 1.79. The number of amides is 1. The number of ether oxygens (including phenoxy) is 1. The first kappa shape index (κ1) is 16.1. The molecule has 0 saturated carbocycles. The number of anilines is 1. The summed E-state index contributed by atoms with van der Waals surface area (Å²) >= 11 is 1.40. The molecule has 25 heavy (non-hydrogen) atoms. The molecule has 1 fully saturated rings. The fourth-order valence-electron chi connectivity index (χ4n) is 2.91. The first-order valence-corrected chi connectivity index (χ1v) is 9.11. The molecule has 0 radical (unpaired) electrons. The van der Waals surface area contributed by atoms with Gasteiger partial charge in [-0.05, 0) is 31.9 Å². The van der Waals surface area contributed by atoms with E-state index in [0.29, 0.717) is 24.8 Å². The van der Waals surface area contributed by atoms with Crippen LogP contribution in [-0.4, -0.2) is 50.4 Å². The normalized spacial score (nSPS) is 17.2. The highest BCUT2D eigenvalue weighted by atomic mass is 32.1. The second kappa shape index (κ2) is 6.85. The minimum absolute atomic E-state index is 0.0334. The van der Waals surface area contributed by atoms with Crippen molar-refractivity contribution in [1.82, 2.24) is 25.2 Å². The van der Waals surface area contributed by atoms with Crippen LogP contribution in [0.2, 0.25) is 0 Å². The Morgan fingerprint density at radius 3 is 3.04 bits per heavy atom. The lowest BCUT2D eigenvalue weighted by Gasteiger charge is -2.20. The molecule has 3 heterocycles. The van der Waals surface area contributed by atoms with Crippen LogP contribution < -0.4 is 4.90 Å². The Morgan fingerprint density at radius 1 is 1.36 bits per heavy atom. The number of benzene rings is 1. The lowest BCUT2D eigenvalue weighted by atomic mass is 10.2. The van der Waals surface area contributed by atoms with Gasteiger partial charge in [-0.1, -0.05) is 28.7 Å². The third kappa shape index (κ3) is 3.12. The Kier molecular flexibility index (Phi) is 4.41. The van der Waals surface area contributed by atoms with E-state index in [1.54, 1.807) is 9.58 Å². The van der Waals surface area contributed by atoms with Gasteiger partial charge in [-0.15, -0.1) is 15.3 Å². The Labute approximate surface area is 148 Å². The van der Waals surface area contributed by atoms with Gasteiger partial charge in [-0.3, -0.25) is 9.69 Å². The molecule has 3 aromatic rings. The van der Waals surface area contributed by atoms with E-state index in [2.05, 4.69) is 20.5 Å². The molecular formula is C16H18N6O2S. The number of fused-ring (bicyclic) bond motifs is 1. The van der Waals surface area contributed by atoms with Crippen molar-refractivity contribution in [2.75, 3.05) is 18.1 Å². The number of hydrogen-bond donors (Lipinski definition) is 0. The molecule has 8 nitrogen and oxygen atoms in total. The van der Waals surface area contributed by atoms with Crippen molar-refractivity contribution >= 4 is 33.4 Å². The summed E-state index contributed by atoms with van der Waals surface area (Å²) in [7, 11) is 0. The van der Waals surface area contributed by atoms with Crippen LogP contribution >= 0.6 is 11.3 Å². The number of likely N-dealkylation sites (N-methyl/N-ethyl adjacent to an activating group) is 1. The molecule has 1 saturated heterocycles. The van der Waals surface area contributed by atoms with Gasteiger partial charge in [-0.2, -0.15) is 0 Å². The van der Waals surface area contributed by atoms with E-state index in [4.69, 9.17) is 4.74 Å². The third-order valence-electron chi connectivity index (χ3n) is 4.18. The number of carbonyl (C=O) groups is 1. The summed E-state index contributed by atoms with van der Waals surface area (Å²) in [6.45, 7) is 3.59. The minimum Gasteiger partial charge on any atom is -0.368 e. The van der Waals surface area contributed by atoms with E-state index < -0.39 is 0 Å². The SMILES string of the molecule is CCN(C(=O)C1CCCO1)c1nnc(Cn2nnc3ccccc32)s1. The van der Waals surface area contributed by atoms with Gasteiger partial charge in [0, 0.05) is 13.2 Å². The third-order valence-corrected chi connectivity index (χ3v) is 5.11. The van der Waals surface area contributed by atoms with Gasteiger partial charge in [0.05, 0.1) is 12.1 Å². The monoisotopic (exact) mass is 358 g/mol. The Bertz CT molecular complexity index is 886. The number of para-hydroxylation sites is 1. The van der Waals surface area contributed by atoms with E-state index in [1.807, 2.05) is 31.2 Å². The maximum atomic E-state index is 12.6.